The van der Waals surface area contributed by atoms with Gasteiger partial charge in [0, 0.05) is 27.6 Å². The Labute approximate surface area is 180 Å². The average molecular weight is 400 g/mol. The molecule has 3 aromatic rings. The number of benzene rings is 2. The number of carbonyl (C=O) groups excluding carboxylic acids is 1. The Bertz CT molecular complexity index is 1170. The molecule has 0 unspecified atom stereocenters. The van der Waals surface area contributed by atoms with E-state index in [-0.39, 0.29) is 16.6 Å². The summed E-state index contributed by atoms with van der Waals surface area (Å²) in [6, 6.07) is 10.7. The van der Waals surface area contributed by atoms with Gasteiger partial charge in [-0.1, -0.05) is 72.4 Å². The molecule has 1 aromatic heterocycles. The number of carbonyl (C=O) groups is 1. The van der Waals surface area contributed by atoms with E-state index in [0.29, 0.717) is 0 Å². The van der Waals surface area contributed by atoms with Gasteiger partial charge in [0.1, 0.15) is 0 Å². The first-order valence-electron chi connectivity index (χ1n) is 11.1. The third kappa shape index (κ3) is 3.23. The minimum absolute atomic E-state index is 0.150. The van der Waals surface area contributed by atoms with Gasteiger partial charge in [0.2, 0.25) is 0 Å². The molecule has 0 bridgehead atoms. The van der Waals surface area contributed by atoms with Crippen LogP contribution in [0.2, 0.25) is 0 Å². The van der Waals surface area contributed by atoms with E-state index in [2.05, 4.69) is 77.4 Å². The Morgan fingerprint density at radius 3 is 2.47 bits per heavy atom. The monoisotopic (exact) mass is 399 g/mol. The van der Waals surface area contributed by atoms with Crippen molar-refractivity contribution in [3.05, 3.63) is 76.0 Å². The lowest BCUT2D eigenvalue weighted by Crippen LogP contribution is -2.31. The second kappa shape index (κ2) is 6.97. The summed E-state index contributed by atoms with van der Waals surface area (Å²) in [7, 11) is 0. The molecule has 1 N–H and O–H groups in total. The van der Waals surface area contributed by atoms with Crippen LogP contribution in [0.15, 0.2) is 36.9 Å². The number of H-pyrrole nitrogens is 1. The van der Waals surface area contributed by atoms with E-state index in [1.165, 1.54) is 11.1 Å². The van der Waals surface area contributed by atoms with Crippen LogP contribution < -0.4 is 0 Å². The van der Waals surface area contributed by atoms with E-state index in [4.69, 9.17) is 0 Å². The number of aryl methyl sites for hydroxylation is 2. The number of hydrogen-bond acceptors (Lipinski definition) is 1. The van der Waals surface area contributed by atoms with Gasteiger partial charge in [-0.25, -0.2) is 0 Å². The molecular formula is C28H33NO. The fourth-order valence-electron chi connectivity index (χ4n) is 4.78. The van der Waals surface area contributed by atoms with Crippen LogP contribution in [-0.4, -0.2) is 10.8 Å². The number of nitrogens with one attached hydrogen (secondary N) is 1. The minimum Gasteiger partial charge on any atom is -0.357 e. The molecule has 0 fully saturated rings. The number of aromatic amines is 1. The summed E-state index contributed by atoms with van der Waals surface area (Å²) in [5.74, 6) is 0.150. The van der Waals surface area contributed by atoms with Crippen LogP contribution in [0.1, 0.15) is 91.8 Å². The Morgan fingerprint density at radius 2 is 1.83 bits per heavy atom. The predicted octanol–water partition coefficient (Wildman–Crippen LogP) is 7.22. The van der Waals surface area contributed by atoms with Gasteiger partial charge in [-0.15, -0.1) is 0 Å². The van der Waals surface area contributed by atoms with Crippen LogP contribution in [-0.2, 0) is 18.3 Å². The molecule has 1 heterocycles. The van der Waals surface area contributed by atoms with E-state index in [9.17, 15) is 4.79 Å². The highest BCUT2D eigenvalue weighted by atomic mass is 16.1. The lowest BCUT2D eigenvalue weighted by atomic mass is 9.70. The first-order chi connectivity index (χ1) is 14.1. The molecule has 0 saturated heterocycles. The van der Waals surface area contributed by atoms with Gasteiger partial charge in [-0.3, -0.25) is 4.79 Å². The zero-order chi connectivity index (χ0) is 21.8. The van der Waals surface area contributed by atoms with Gasteiger partial charge in [-0.2, -0.15) is 0 Å². The van der Waals surface area contributed by atoms with E-state index in [0.717, 1.165) is 58.1 Å². The second-order valence-electron chi connectivity index (χ2n) is 10.4. The molecule has 30 heavy (non-hydrogen) atoms. The first kappa shape index (κ1) is 20.7. The first-order valence-corrected chi connectivity index (χ1v) is 11.1. The molecule has 0 aliphatic heterocycles. The number of ketones is 1. The van der Waals surface area contributed by atoms with Crippen LogP contribution in [0.4, 0.5) is 0 Å². The Morgan fingerprint density at radius 1 is 1.10 bits per heavy atom. The van der Waals surface area contributed by atoms with Crippen molar-refractivity contribution in [2.24, 2.45) is 5.41 Å². The fourth-order valence-corrected chi connectivity index (χ4v) is 4.78. The minimum atomic E-state index is -0.252. The smallest absolute Gasteiger partial charge is 0.195 e. The largest absolute Gasteiger partial charge is 0.357 e. The summed E-state index contributed by atoms with van der Waals surface area (Å²) < 4.78 is 0. The van der Waals surface area contributed by atoms with Crippen molar-refractivity contribution in [2.75, 3.05) is 0 Å². The Hall–Kier alpha value is -2.61. The molecule has 0 spiro atoms. The van der Waals surface area contributed by atoms with Crippen LogP contribution in [0.3, 0.4) is 0 Å². The molecule has 4 rings (SSSR count). The summed E-state index contributed by atoms with van der Waals surface area (Å²) in [5, 5.41) is 1.01. The van der Waals surface area contributed by atoms with Crippen LogP contribution in [0, 0.1) is 5.41 Å². The highest BCUT2D eigenvalue weighted by Gasteiger charge is 2.40. The Kier molecular flexibility index (Phi) is 4.80. The maximum absolute atomic E-state index is 13.7. The maximum Gasteiger partial charge on any atom is 0.195 e. The van der Waals surface area contributed by atoms with Crippen molar-refractivity contribution in [1.82, 2.24) is 4.98 Å². The summed E-state index contributed by atoms with van der Waals surface area (Å²) >= 11 is 0. The van der Waals surface area contributed by atoms with Gasteiger partial charge in [0.05, 0.1) is 5.56 Å². The van der Waals surface area contributed by atoms with Gasteiger partial charge >= 0.3 is 0 Å². The number of fused-ring (bicyclic) bond motifs is 4. The molecule has 1 aliphatic rings. The summed E-state index contributed by atoms with van der Waals surface area (Å²) in [5.41, 5.74) is 8.67. The molecule has 0 atom stereocenters. The summed E-state index contributed by atoms with van der Waals surface area (Å²) in [6.07, 6.45) is 4.95. The number of rotatable bonds is 4. The zero-order valence-electron chi connectivity index (χ0n) is 19.2. The van der Waals surface area contributed by atoms with Crippen LogP contribution in [0.25, 0.3) is 17.0 Å². The lowest BCUT2D eigenvalue weighted by Gasteiger charge is -2.33. The van der Waals surface area contributed by atoms with Crippen LogP contribution in [0.5, 0.6) is 0 Å². The third-order valence-electron chi connectivity index (χ3n) is 6.69. The van der Waals surface area contributed by atoms with E-state index in [1.54, 1.807) is 0 Å². The van der Waals surface area contributed by atoms with Crippen molar-refractivity contribution in [3.63, 3.8) is 0 Å². The average Bonchev–Trinajstić information content (AvgIpc) is 3.09. The lowest BCUT2D eigenvalue weighted by molar-refractivity contribution is 0.103. The number of aromatic nitrogens is 1. The quantitative estimate of drug-likeness (QED) is 0.493. The topological polar surface area (TPSA) is 32.9 Å². The van der Waals surface area contributed by atoms with Gasteiger partial charge in [0.15, 0.2) is 5.78 Å². The van der Waals surface area contributed by atoms with Crippen molar-refractivity contribution in [3.8, 4) is 0 Å². The molecule has 2 heteroatoms. The molecule has 0 radical (unpaired) electrons. The maximum atomic E-state index is 13.7. The highest BCUT2D eigenvalue weighted by Crippen LogP contribution is 2.44. The summed E-state index contributed by atoms with van der Waals surface area (Å²) in [6.45, 7) is 17.4. The number of hydrogen-bond donors (Lipinski definition) is 1. The molecule has 2 nitrogen and oxygen atoms in total. The molecule has 2 aromatic carbocycles. The molecule has 156 valence electrons. The van der Waals surface area contributed by atoms with E-state index >= 15 is 0 Å². The second-order valence-corrected chi connectivity index (χ2v) is 10.4. The fraction of sp³-hybridized carbons (Fsp3) is 0.393. The van der Waals surface area contributed by atoms with Gasteiger partial charge in [-0.05, 0) is 59.1 Å². The predicted molar refractivity (Wildman–Crippen MR) is 128 cm³/mol. The Balaban J connectivity index is 1.91. The summed E-state index contributed by atoms with van der Waals surface area (Å²) in [4.78, 5) is 17.3. The van der Waals surface area contributed by atoms with Crippen molar-refractivity contribution in [1.29, 1.82) is 0 Å². The zero-order valence-corrected chi connectivity index (χ0v) is 19.2. The molecule has 0 amide bonds. The van der Waals surface area contributed by atoms with Crippen LogP contribution >= 0.6 is 0 Å². The van der Waals surface area contributed by atoms with E-state index < -0.39 is 0 Å². The SMILES string of the molecule is C=Cc1ccc2c3c([nH]c2c1)C(C)(C)c1cc(CC)c(CCC(C)(C)C)cc1C3=O. The van der Waals surface area contributed by atoms with Crippen molar-refractivity contribution in [2.45, 2.75) is 66.2 Å². The highest BCUT2D eigenvalue weighted by molar-refractivity contribution is 6.20. The third-order valence-corrected chi connectivity index (χ3v) is 6.69. The molecule has 1 aliphatic carbocycles. The van der Waals surface area contributed by atoms with Crippen molar-refractivity contribution < 1.29 is 4.79 Å². The standard InChI is InChI=1S/C28H33NO/c1-8-17-10-11-20-23(14-17)29-26-24(20)25(30)21-15-19(12-13-27(3,4)5)18(9-2)16-22(21)28(26,6)7/h8,10-11,14-16,29H,1,9,12-13H2,2-7H3. The van der Waals surface area contributed by atoms with Gasteiger partial charge < -0.3 is 4.98 Å². The van der Waals surface area contributed by atoms with E-state index in [1.807, 2.05) is 12.1 Å². The normalized spacial score (nSPS) is 15.2. The molecular weight excluding hydrogens is 366 g/mol. The van der Waals surface area contributed by atoms with Crippen molar-refractivity contribution >= 4 is 22.8 Å². The molecule has 0 saturated carbocycles. The van der Waals surface area contributed by atoms with Gasteiger partial charge in [0.25, 0.3) is 0 Å².